The van der Waals surface area contributed by atoms with Crippen LogP contribution in [-0.2, 0) is 6.42 Å². The molecule has 0 bridgehead atoms. The third-order valence-electron chi connectivity index (χ3n) is 6.53. The van der Waals surface area contributed by atoms with Crippen molar-refractivity contribution in [2.45, 2.75) is 53.4 Å². The smallest absolute Gasteiger partial charge is 0.0370 e. The van der Waals surface area contributed by atoms with Crippen LogP contribution in [0.1, 0.15) is 69.2 Å². The summed E-state index contributed by atoms with van der Waals surface area (Å²) in [6, 6.07) is 18.1. The molecule has 2 aromatic carbocycles. The van der Waals surface area contributed by atoms with Crippen LogP contribution in [0.15, 0.2) is 76.9 Å². The van der Waals surface area contributed by atoms with Crippen molar-refractivity contribution in [1.82, 2.24) is 0 Å². The highest BCUT2D eigenvalue weighted by molar-refractivity contribution is 5.87. The molecular weight excluding hydrogens is 324 g/mol. The molecule has 137 valence electrons. The van der Waals surface area contributed by atoms with E-state index in [1.807, 2.05) is 0 Å². The first-order valence-corrected chi connectivity index (χ1v) is 10.2. The third kappa shape index (κ3) is 2.92. The SMILES string of the molecule is CCCc1ccc(C2=CC([C]3C(C)=C(C)C(C)=C3C)c3ccccc32)cc1. The Labute approximate surface area is 164 Å². The second-order valence-corrected chi connectivity index (χ2v) is 8.01. The van der Waals surface area contributed by atoms with Gasteiger partial charge in [-0.25, -0.2) is 0 Å². The van der Waals surface area contributed by atoms with E-state index in [1.54, 1.807) is 0 Å². The summed E-state index contributed by atoms with van der Waals surface area (Å²) in [6.45, 7) is 11.3. The number of hydrogen-bond acceptors (Lipinski definition) is 0. The van der Waals surface area contributed by atoms with Gasteiger partial charge in [0.1, 0.15) is 0 Å². The second-order valence-electron chi connectivity index (χ2n) is 8.01. The Morgan fingerprint density at radius 3 is 2.00 bits per heavy atom. The van der Waals surface area contributed by atoms with Gasteiger partial charge in [0.15, 0.2) is 0 Å². The number of hydrogen-bond donors (Lipinski definition) is 0. The van der Waals surface area contributed by atoms with Crippen molar-refractivity contribution in [3.8, 4) is 0 Å². The molecule has 27 heavy (non-hydrogen) atoms. The summed E-state index contributed by atoms with van der Waals surface area (Å²) in [5.74, 6) is 1.87. The van der Waals surface area contributed by atoms with Crippen molar-refractivity contribution in [2.24, 2.45) is 0 Å². The van der Waals surface area contributed by atoms with Crippen LogP contribution in [0.2, 0.25) is 0 Å². The minimum atomic E-state index is 0.360. The van der Waals surface area contributed by atoms with E-state index in [1.165, 1.54) is 62.5 Å². The van der Waals surface area contributed by atoms with Gasteiger partial charge in [0.25, 0.3) is 0 Å². The molecule has 0 heterocycles. The molecule has 1 atom stereocenters. The van der Waals surface area contributed by atoms with Crippen LogP contribution in [-0.4, -0.2) is 0 Å². The lowest BCUT2D eigenvalue weighted by molar-refractivity contribution is 0.898. The van der Waals surface area contributed by atoms with Gasteiger partial charge in [0, 0.05) is 11.8 Å². The van der Waals surface area contributed by atoms with Crippen LogP contribution in [0.3, 0.4) is 0 Å². The molecule has 0 aromatic heterocycles. The Hall–Kier alpha value is -2.34. The van der Waals surface area contributed by atoms with E-state index in [9.17, 15) is 0 Å². The van der Waals surface area contributed by atoms with E-state index in [0.29, 0.717) is 5.92 Å². The molecule has 0 amide bonds. The fraction of sp³-hybridized carbons (Fsp3) is 0.296. The zero-order valence-corrected chi connectivity index (χ0v) is 17.2. The first kappa shape index (κ1) is 18.0. The lowest BCUT2D eigenvalue weighted by Gasteiger charge is -2.22. The monoisotopic (exact) mass is 353 g/mol. The Morgan fingerprint density at radius 1 is 0.741 bits per heavy atom. The Morgan fingerprint density at radius 2 is 1.37 bits per heavy atom. The molecule has 0 nitrogen and oxygen atoms in total. The molecule has 2 aliphatic rings. The first-order valence-electron chi connectivity index (χ1n) is 10.2. The van der Waals surface area contributed by atoms with Gasteiger partial charge < -0.3 is 0 Å². The van der Waals surface area contributed by atoms with Crippen LogP contribution in [0.5, 0.6) is 0 Å². The van der Waals surface area contributed by atoms with Gasteiger partial charge in [-0.1, -0.05) is 79.1 Å². The van der Waals surface area contributed by atoms with Crippen LogP contribution in [0.4, 0.5) is 0 Å². The molecule has 0 saturated carbocycles. The van der Waals surface area contributed by atoms with Gasteiger partial charge in [-0.3, -0.25) is 0 Å². The predicted molar refractivity (Wildman–Crippen MR) is 117 cm³/mol. The Balaban J connectivity index is 1.79. The van der Waals surface area contributed by atoms with E-state index < -0.39 is 0 Å². The van der Waals surface area contributed by atoms with Gasteiger partial charge in [-0.05, 0) is 73.1 Å². The highest BCUT2D eigenvalue weighted by Gasteiger charge is 2.36. The minimum absolute atomic E-state index is 0.360. The van der Waals surface area contributed by atoms with Gasteiger partial charge in [0.2, 0.25) is 0 Å². The predicted octanol–water partition coefficient (Wildman–Crippen LogP) is 7.43. The molecular formula is C27H29. The topological polar surface area (TPSA) is 0 Å². The maximum absolute atomic E-state index is 2.49. The summed E-state index contributed by atoms with van der Waals surface area (Å²) in [5.41, 5.74) is 12.8. The highest BCUT2D eigenvalue weighted by Crippen LogP contribution is 2.52. The lowest BCUT2D eigenvalue weighted by Crippen LogP contribution is -2.08. The largest absolute Gasteiger partial charge is 0.0672 e. The van der Waals surface area contributed by atoms with Gasteiger partial charge in [0.05, 0.1) is 0 Å². The molecule has 2 aliphatic carbocycles. The Bertz CT molecular complexity index is 939. The zero-order chi connectivity index (χ0) is 19.1. The van der Waals surface area contributed by atoms with E-state index in [0.717, 1.165) is 6.42 Å². The fourth-order valence-electron chi connectivity index (χ4n) is 4.70. The first-order chi connectivity index (χ1) is 13.0. The van der Waals surface area contributed by atoms with Crippen LogP contribution >= 0.6 is 0 Å². The summed E-state index contributed by atoms with van der Waals surface area (Å²) in [5, 5.41) is 0. The molecule has 4 rings (SSSR count). The molecule has 0 N–H and O–H groups in total. The highest BCUT2D eigenvalue weighted by atomic mass is 14.4. The standard InChI is InChI=1S/C27H29/c1-6-9-21-12-14-22(15-13-21)25-16-26(24-11-8-7-10-23(24)25)27-19(4)17(2)18(3)20(27)5/h7-8,10-16,26H,6,9H2,1-5H3. The van der Waals surface area contributed by atoms with E-state index in [-0.39, 0.29) is 0 Å². The summed E-state index contributed by atoms with van der Waals surface area (Å²) in [7, 11) is 0. The second kappa shape index (κ2) is 7.00. The van der Waals surface area contributed by atoms with Crippen LogP contribution in [0.25, 0.3) is 5.57 Å². The van der Waals surface area contributed by atoms with Crippen molar-refractivity contribution >= 4 is 5.57 Å². The zero-order valence-electron chi connectivity index (χ0n) is 17.2. The molecule has 1 unspecified atom stereocenters. The van der Waals surface area contributed by atoms with Gasteiger partial charge in [-0.15, -0.1) is 0 Å². The van der Waals surface area contributed by atoms with Crippen molar-refractivity contribution in [2.75, 3.05) is 0 Å². The van der Waals surface area contributed by atoms with Crippen LogP contribution < -0.4 is 0 Å². The normalized spacial score (nSPS) is 19.7. The summed E-state index contributed by atoms with van der Waals surface area (Å²) >= 11 is 0. The molecule has 2 aromatic rings. The minimum Gasteiger partial charge on any atom is -0.0672 e. The molecule has 0 heteroatoms. The van der Waals surface area contributed by atoms with E-state index in [2.05, 4.69) is 89.2 Å². The number of aryl methyl sites for hydroxylation is 1. The van der Waals surface area contributed by atoms with E-state index >= 15 is 0 Å². The number of allylic oxidation sites excluding steroid dienone is 5. The molecule has 0 saturated heterocycles. The van der Waals surface area contributed by atoms with E-state index in [4.69, 9.17) is 0 Å². The van der Waals surface area contributed by atoms with Gasteiger partial charge in [-0.2, -0.15) is 0 Å². The molecule has 1 radical (unpaired) electrons. The summed E-state index contributed by atoms with van der Waals surface area (Å²) in [4.78, 5) is 0. The van der Waals surface area contributed by atoms with Crippen molar-refractivity contribution in [1.29, 1.82) is 0 Å². The van der Waals surface area contributed by atoms with Crippen molar-refractivity contribution < 1.29 is 0 Å². The number of fused-ring (bicyclic) bond motifs is 1. The average molecular weight is 354 g/mol. The molecule has 0 aliphatic heterocycles. The maximum atomic E-state index is 2.49. The Kier molecular flexibility index (Phi) is 4.68. The van der Waals surface area contributed by atoms with Crippen molar-refractivity contribution in [3.63, 3.8) is 0 Å². The van der Waals surface area contributed by atoms with Crippen molar-refractivity contribution in [3.05, 3.63) is 105 Å². The fourth-order valence-corrected chi connectivity index (χ4v) is 4.70. The lowest BCUT2D eigenvalue weighted by atomic mass is 9.81. The van der Waals surface area contributed by atoms with Crippen LogP contribution in [0, 0.1) is 5.92 Å². The number of rotatable bonds is 4. The molecule has 0 fully saturated rings. The summed E-state index contributed by atoms with van der Waals surface area (Å²) < 4.78 is 0. The quantitative estimate of drug-likeness (QED) is 0.536. The average Bonchev–Trinajstić information content (AvgIpc) is 3.15. The summed E-state index contributed by atoms with van der Waals surface area (Å²) in [6.07, 6.45) is 4.85. The third-order valence-corrected chi connectivity index (χ3v) is 6.53. The molecule has 0 spiro atoms. The maximum Gasteiger partial charge on any atom is 0.0370 e. The van der Waals surface area contributed by atoms with Gasteiger partial charge >= 0.3 is 0 Å². The number of benzene rings is 2.